The lowest BCUT2D eigenvalue weighted by Gasteiger charge is -2.70. The summed E-state index contributed by atoms with van der Waals surface area (Å²) in [6, 6.07) is 23.3. The maximum Gasteiger partial charge on any atom is 0.338 e. The second-order valence-electron chi connectivity index (χ2n) is 27.3. The number of nitrogens with one attached hydrogen (secondary N) is 1. The van der Waals surface area contributed by atoms with Crippen LogP contribution in [0.1, 0.15) is 235 Å². The number of benzene rings is 3. The van der Waals surface area contributed by atoms with Crippen molar-refractivity contribution in [3.8, 4) is 0 Å². The van der Waals surface area contributed by atoms with Gasteiger partial charge in [0, 0.05) is 44.1 Å². The van der Waals surface area contributed by atoms with Gasteiger partial charge in [0.2, 0.25) is 0 Å². The first-order valence-electron chi connectivity index (χ1n) is 34.2. The van der Waals surface area contributed by atoms with Crippen molar-refractivity contribution in [2.45, 2.75) is 250 Å². The van der Waals surface area contributed by atoms with Gasteiger partial charge in [-0.3, -0.25) is 28.8 Å². The Balaban J connectivity index is 1.08. The van der Waals surface area contributed by atoms with E-state index in [1.165, 1.54) is 122 Å². The highest BCUT2D eigenvalue weighted by atomic mass is 16.6. The second-order valence-corrected chi connectivity index (χ2v) is 27.3. The molecule has 1 aliphatic heterocycles. The largest absolute Gasteiger partial charge is 0.464 e. The predicted molar refractivity (Wildman–Crippen MR) is 349 cm³/mol. The van der Waals surface area contributed by atoms with Crippen molar-refractivity contribution in [2.24, 2.45) is 22.7 Å². The molecule has 4 aliphatic rings. The van der Waals surface area contributed by atoms with Crippen LogP contribution in [0.4, 0.5) is 0 Å². The van der Waals surface area contributed by atoms with Gasteiger partial charge < -0.3 is 48.7 Å². The molecule has 0 radical (unpaired) electrons. The number of rotatable bonds is 37. The molecule has 1 heterocycles. The van der Waals surface area contributed by atoms with E-state index >= 15 is 9.59 Å². The Morgan fingerprint density at radius 3 is 1.67 bits per heavy atom. The van der Waals surface area contributed by atoms with Gasteiger partial charge >= 0.3 is 29.8 Å². The van der Waals surface area contributed by atoms with Crippen molar-refractivity contribution in [3.05, 3.63) is 119 Å². The zero-order valence-electron chi connectivity index (χ0n) is 56.3. The van der Waals surface area contributed by atoms with Gasteiger partial charge in [0.1, 0.15) is 36.6 Å². The molecule has 0 aromatic heterocycles. The molecular formula is C75H103NO17. The van der Waals surface area contributed by atoms with Crippen molar-refractivity contribution in [1.29, 1.82) is 0 Å². The first-order valence-corrected chi connectivity index (χ1v) is 34.2. The molecule has 2 bridgehead atoms. The van der Waals surface area contributed by atoms with E-state index in [9.17, 15) is 39.0 Å². The van der Waals surface area contributed by atoms with E-state index in [2.05, 4.69) is 12.2 Å². The summed E-state index contributed by atoms with van der Waals surface area (Å²) < 4.78 is 42.7. The van der Waals surface area contributed by atoms with Crippen molar-refractivity contribution in [1.82, 2.24) is 5.32 Å². The number of unbranched alkanes of at least 4 members (excludes halogenated alkanes) is 19. The first kappa shape index (κ1) is 73.8. The Labute approximate surface area is 550 Å². The fraction of sp³-hybridized carbons (Fsp3) is 0.627. The molecule has 1 unspecified atom stereocenters. The van der Waals surface area contributed by atoms with Gasteiger partial charge in [0.25, 0.3) is 5.91 Å². The van der Waals surface area contributed by atoms with Crippen molar-refractivity contribution < 1.29 is 81.7 Å². The molecule has 3 fully saturated rings. The van der Waals surface area contributed by atoms with Gasteiger partial charge in [0.05, 0.1) is 48.2 Å². The van der Waals surface area contributed by atoms with Gasteiger partial charge in [-0.25, -0.2) is 9.59 Å². The van der Waals surface area contributed by atoms with Crippen molar-refractivity contribution in [2.75, 3.05) is 26.4 Å². The first-order chi connectivity index (χ1) is 44.4. The molecule has 18 nitrogen and oxygen atoms in total. The molecule has 2 saturated carbocycles. The SMILES string of the molecule is CCCCCCCCCCCCCCCCCCCCCCOC(=O)COCC(=O)C[C@@H](C(=O)O[C@H]1C[C@@]2(O)[C@@H](OC(=O)c3ccccc3)[C@H]3[C@](C)(C(=O)[C@@H](OC(C)=O)C(=C1C)C2(C)C)[C@@H](O)C[C@@]1(C)OC[C@@]31OC(C)=O)C(NC(=O)c1ccccc1)c1ccccc1. The monoisotopic (exact) mass is 1290 g/mol. The molecule has 93 heavy (non-hydrogen) atoms. The number of fused-ring (bicyclic) bond motifs is 5. The molecule has 510 valence electrons. The van der Waals surface area contributed by atoms with E-state index in [0.717, 1.165) is 33.1 Å². The van der Waals surface area contributed by atoms with Crippen LogP contribution in [0.3, 0.4) is 0 Å². The number of hydrogen-bond acceptors (Lipinski definition) is 17. The average molecular weight is 1290 g/mol. The minimum absolute atomic E-state index is 0.0305. The highest BCUT2D eigenvalue weighted by Gasteiger charge is 2.81. The summed E-state index contributed by atoms with van der Waals surface area (Å²) in [5, 5.41) is 29.6. The van der Waals surface area contributed by atoms with Crippen LogP contribution >= 0.6 is 0 Å². The Hall–Kier alpha value is -6.60. The quantitative estimate of drug-likeness (QED) is 0.0210. The molecular weight excluding hydrogens is 1190 g/mol. The van der Waals surface area contributed by atoms with E-state index in [1.807, 2.05) is 0 Å². The third kappa shape index (κ3) is 17.9. The zero-order valence-corrected chi connectivity index (χ0v) is 56.3. The van der Waals surface area contributed by atoms with Gasteiger partial charge in [-0.05, 0) is 68.2 Å². The number of aliphatic hydroxyl groups is 2. The molecule has 3 aliphatic carbocycles. The number of amides is 1. The van der Waals surface area contributed by atoms with E-state index in [4.69, 9.17) is 33.2 Å². The van der Waals surface area contributed by atoms with E-state index in [-0.39, 0.29) is 41.9 Å². The molecule has 0 spiro atoms. The van der Waals surface area contributed by atoms with Crippen LogP contribution in [0.5, 0.6) is 0 Å². The third-order valence-corrected chi connectivity index (χ3v) is 20.4. The number of carbonyl (C=O) groups is 8. The Morgan fingerprint density at radius 1 is 0.645 bits per heavy atom. The van der Waals surface area contributed by atoms with Crippen LogP contribution in [-0.2, 0) is 61.9 Å². The summed E-state index contributed by atoms with van der Waals surface area (Å²) in [7, 11) is 0. The molecule has 3 aromatic rings. The summed E-state index contributed by atoms with van der Waals surface area (Å²) in [5.41, 5.74) is -8.98. The predicted octanol–water partition coefficient (Wildman–Crippen LogP) is 12.7. The lowest BCUT2D eigenvalue weighted by Crippen LogP contribution is -2.85. The smallest absolute Gasteiger partial charge is 0.338 e. The molecule has 11 atom stereocenters. The highest BCUT2D eigenvalue weighted by molar-refractivity contribution is 5.97. The van der Waals surface area contributed by atoms with Crippen molar-refractivity contribution in [3.63, 3.8) is 0 Å². The van der Waals surface area contributed by atoms with Crippen LogP contribution in [0, 0.1) is 22.7 Å². The van der Waals surface area contributed by atoms with Gasteiger partial charge in [-0.1, -0.05) is 209 Å². The second kappa shape index (κ2) is 34.2. The van der Waals surface area contributed by atoms with Crippen LogP contribution < -0.4 is 5.32 Å². The van der Waals surface area contributed by atoms with Gasteiger partial charge in [-0.15, -0.1) is 0 Å². The van der Waals surface area contributed by atoms with E-state index in [1.54, 1.807) is 107 Å². The van der Waals surface area contributed by atoms with Crippen LogP contribution in [-0.4, -0.2) is 125 Å². The number of ketones is 2. The number of Topliss-reactive ketones (excluding diaryl/α,β-unsaturated/α-hetero) is 2. The lowest BCUT2D eigenvalue weighted by atomic mass is 9.42. The number of ether oxygens (including phenoxy) is 7. The number of hydrogen-bond donors (Lipinski definition) is 3. The number of esters is 5. The summed E-state index contributed by atoms with van der Waals surface area (Å²) >= 11 is 0. The molecule has 1 saturated heterocycles. The van der Waals surface area contributed by atoms with Crippen LogP contribution in [0.15, 0.2) is 102 Å². The third-order valence-electron chi connectivity index (χ3n) is 20.4. The topological polar surface area (TPSA) is 254 Å². The van der Waals surface area contributed by atoms with Crippen molar-refractivity contribution >= 4 is 47.3 Å². The van der Waals surface area contributed by atoms with E-state index < -0.39 is 143 Å². The number of aliphatic hydroxyl groups excluding tert-OH is 1. The molecule has 3 aromatic carbocycles. The zero-order chi connectivity index (χ0) is 67.4. The Bertz CT molecular complexity index is 3020. The van der Waals surface area contributed by atoms with Crippen LogP contribution in [0.2, 0.25) is 0 Å². The Morgan fingerprint density at radius 2 is 1.16 bits per heavy atom. The Kier molecular flexibility index (Phi) is 27.1. The summed E-state index contributed by atoms with van der Waals surface area (Å²) in [6.07, 6.45) is 16.5. The molecule has 18 heteroatoms. The lowest BCUT2D eigenvalue weighted by molar-refractivity contribution is -0.383. The molecule has 7 rings (SSSR count). The highest BCUT2D eigenvalue weighted by Crippen LogP contribution is 2.67. The minimum atomic E-state index is -2.48. The summed E-state index contributed by atoms with van der Waals surface area (Å²) in [5.74, 6) is -9.75. The average Bonchev–Trinajstić information content (AvgIpc) is 0.661. The fourth-order valence-corrected chi connectivity index (χ4v) is 14.9. The maximum atomic E-state index is 16.0. The normalized spacial score (nSPS) is 25.9. The summed E-state index contributed by atoms with van der Waals surface area (Å²) in [6.45, 7) is 10.8. The summed E-state index contributed by atoms with van der Waals surface area (Å²) in [4.78, 5) is 115. The molecule has 1 amide bonds. The van der Waals surface area contributed by atoms with Crippen LogP contribution in [0.25, 0.3) is 0 Å². The standard InChI is InChI=1S/C75H103NO17/c1-9-10-11-12-13-14-15-16-17-18-19-20-21-22-23-24-25-26-27-37-44-88-61(81)49-87-48-57(79)45-58(63(54-38-31-28-32-39-54)76-68(83)55-40-33-29-34-41-55)70(85)91-59-46-74(86)67(92-69(84)56-42-35-30-36-43-56)65-73(8,60(80)47-72(7)75(65,50-89-72)93-53(4)78)66(82)64(90-52(3)77)62(51(59)2)71(74,5)6/h28-36,38-43,58-60,63-65,67,80,86H,9-27,37,44-50H2,1-8H3,(H,76,83)/t58-,59+,60+,63?,64+,65+,67+,72-,73-,74-,75-/m1/s1. The maximum absolute atomic E-state index is 16.0. The van der Waals surface area contributed by atoms with Gasteiger partial charge in [-0.2, -0.15) is 0 Å². The fourth-order valence-electron chi connectivity index (χ4n) is 14.9. The number of carbonyl (C=O) groups excluding carboxylic acids is 8. The minimum Gasteiger partial charge on any atom is -0.464 e. The van der Waals surface area contributed by atoms with Gasteiger partial charge in [0.15, 0.2) is 23.3 Å². The molecule has 3 N–H and O–H groups in total. The van der Waals surface area contributed by atoms with E-state index in [0.29, 0.717) is 12.0 Å².